The molecule has 0 aliphatic heterocycles. The molecule has 2 aromatic rings. The number of hydrogen-bond donors (Lipinski definition) is 0. The molecule has 0 aromatic carbocycles. The predicted octanol–water partition coefficient (Wildman–Crippen LogP) is 3.03. The number of nitrogens with zero attached hydrogens (tertiary/aromatic N) is 2. The lowest BCUT2D eigenvalue weighted by molar-refractivity contribution is 0.744. The van der Waals surface area contributed by atoms with Gasteiger partial charge in [-0.3, -0.25) is 9.36 Å². The molecule has 2 aromatic heterocycles. The van der Waals surface area contributed by atoms with Gasteiger partial charge in [0, 0.05) is 17.5 Å². The van der Waals surface area contributed by atoms with Crippen LogP contribution in [0.5, 0.6) is 0 Å². The Morgan fingerprint density at radius 1 is 1.50 bits per heavy atom. The average molecular weight is 295 g/mol. The molecule has 0 N–H and O–H groups in total. The summed E-state index contributed by atoms with van der Waals surface area (Å²) in [5.41, 5.74) is 0.0354. The van der Waals surface area contributed by atoms with Gasteiger partial charge in [0.25, 0.3) is 5.56 Å². The largest absolute Gasteiger partial charge is 0.297 e. The van der Waals surface area contributed by atoms with Crippen molar-refractivity contribution < 1.29 is 0 Å². The fourth-order valence-electron chi connectivity index (χ4n) is 1.82. The molecule has 0 bridgehead atoms. The van der Waals surface area contributed by atoms with Crippen LogP contribution in [0.2, 0.25) is 0 Å². The molecule has 0 saturated heterocycles. The summed E-state index contributed by atoms with van der Waals surface area (Å²) in [5.74, 6) is 0. The topological polar surface area (TPSA) is 45.8 Å². The van der Waals surface area contributed by atoms with Crippen molar-refractivity contribution in [1.29, 1.82) is 5.26 Å². The molecule has 1 aliphatic rings. The van der Waals surface area contributed by atoms with Crippen molar-refractivity contribution in [1.82, 2.24) is 4.57 Å². The van der Waals surface area contributed by atoms with Gasteiger partial charge in [-0.25, -0.2) is 0 Å². The second-order valence-corrected chi connectivity index (χ2v) is 5.64. The van der Waals surface area contributed by atoms with Crippen molar-refractivity contribution >= 4 is 37.5 Å². The molecule has 0 atom stereocenters. The maximum atomic E-state index is 11.8. The summed E-state index contributed by atoms with van der Waals surface area (Å²) < 4.78 is 2.63. The Morgan fingerprint density at radius 2 is 2.25 bits per heavy atom. The van der Waals surface area contributed by atoms with Crippen LogP contribution in [-0.2, 0) is 0 Å². The van der Waals surface area contributed by atoms with Crippen molar-refractivity contribution in [3.63, 3.8) is 0 Å². The average Bonchev–Trinajstić information content (AvgIpc) is 3.04. The first-order valence-corrected chi connectivity index (χ1v) is 6.57. The Labute approximate surface area is 104 Å². The molecule has 0 amide bonds. The normalized spacial score (nSPS) is 15.2. The highest BCUT2D eigenvalue weighted by Crippen LogP contribution is 2.40. The number of halogens is 1. The smallest absolute Gasteiger partial charge is 0.251 e. The van der Waals surface area contributed by atoms with Crippen LogP contribution in [0.25, 0.3) is 10.2 Å². The van der Waals surface area contributed by atoms with E-state index in [-0.39, 0.29) is 5.56 Å². The molecule has 5 heteroatoms. The van der Waals surface area contributed by atoms with E-state index >= 15 is 0 Å². The molecule has 0 spiro atoms. The van der Waals surface area contributed by atoms with E-state index in [9.17, 15) is 4.79 Å². The third kappa shape index (κ3) is 1.34. The van der Waals surface area contributed by atoms with E-state index in [4.69, 9.17) is 5.26 Å². The summed E-state index contributed by atoms with van der Waals surface area (Å²) >= 11 is 4.80. The lowest BCUT2D eigenvalue weighted by Gasteiger charge is -2.03. The molecule has 16 heavy (non-hydrogen) atoms. The van der Waals surface area contributed by atoms with Gasteiger partial charge >= 0.3 is 0 Å². The highest BCUT2D eigenvalue weighted by atomic mass is 79.9. The van der Waals surface area contributed by atoms with Gasteiger partial charge in [0.15, 0.2) is 0 Å². The minimum Gasteiger partial charge on any atom is -0.297 e. The minimum atomic E-state index is 0.0354. The summed E-state index contributed by atoms with van der Waals surface area (Å²) in [5, 5.41) is 9.94. The Hall–Kier alpha value is -1.12. The molecule has 2 heterocycles. The minimum absolute atomic E-state index is 0.0354. The Morgan fingerprint density at radius 3 is 2.88 bits per heavy atom. The molecule has 80 valence electrons. The van der Waals surface area contributed by atoms with E-state index in [1.807, 2.05) is 4.57 Å². The zero-order valence-corrected chi connectivity index (χ0v) is 10.6. The zero-order valence-electron chi connectivity index (χ0n) is 8.24. The van der Waals surface area contributed by atoms with Crippen LogP contribution >= 0.6 is 27.3 Å². The van der Waals surface area contributed by atoms with Gasteiger partial charge in [-0.05, 0) is 34.8 Å². The van der Waals surface area contributed by atoms with Crippen molar-refractivity contribution in [3.8, 4) is 6.07 Å². The summed E-state index contributed by atoms with van der Waals surface area (Å²) in [4.78, 5) is 13.3. The maximum absolute atomic E-state index is 11.8. The van der Waals surface area contributed by atoms with Crippen molar-refractivity contribution in [2.24, 2.45) is 0 Å². The van der Waals surface area contributed by atoms with E-state index in [1.165, 1.54) is 11.3 Å². The number of nitriles is 1. The first-order valence-electron chi connectivity index (χ1n) is 4.96. The van der Waals surface area contributed by atoms with Gasteiger partial charge in [-0.1, -0.05) is 0 Å². The quantitative estimate of drug-likeness (QED) is 0.811. The van der Waals surface area contributed by atoms with Gasteiger partial charge in [-0.15, -0.1) is 11.3 Å². The third-order valence-electron chi connectivity index (χ3n) is 2.73. The van der Waals surface area contributed by atoms with Crippen LogP contribution in [0, 0.1) is 11.3 Å². The lowest BCUT2D eigenvalue weighted by Crippen LogP contribution is -2.16. The highest BCUT2D eigenvalue weighted by Gasteiger charge is 2.27. The van der Waals surface area contributed by atoms with Crippen LogP contribution in [-0.4, -0.2) is 4.57 Å². The lowest BCUT2D eigenvalue weighted by atomic mass is 10.3. The molecular weight excluding hydrogens is 288 g/mol. The fourth-order valence-corrected chi connectivity index (χ4v) is 3.66. The first-order chi connectivity index (χ1) is 7.72. The van der Waals surface area contributed by atoms with Crippen LogP contribution in [0.15, 0.2) is 21.4 Å². The molecule has 1 saturated carbocycles. The summed E-state index contributed by atoms with van der Waals surface area (Å²) in [6, 6.07) is 5.86. The van der Waals surface area contributed by atoms with Gasteiger partial charge in [0.05, 0.1) is 4.47 Å². The monoisotopic (exact) mass is 294 g/mol. The Balaban J connectivity index is 2.44. The van der Waals surface area contributed by atoms with Crippen LogP contribution in [0.4, 0.5) is 0 Å². The zero-order chi connectivity index (χ0) is 11.3. The van der Waals surface area contributed by atoms with Crippen LogP contribution in [0.1, 0.15) is 23.8 Å². The molecular formula is C11H7BrN2OS. The van der Waals surface area contributed by atoms with E-state index < -0.39 is 0 Å². The van der Waals surface area contributed by atoms with Gasteiger partial charge in [-0.2, -0.15) is 5.26 Å². The number of pyridine rings is 1. The maximum Gasteiger partial charge on any atom is 0.251 e. The summed E-state index contributed by atoms with van der Waals surface area (Å²) in [6.07, 6.45) is 2.13. The second kappa shape index (κ2) is 3.44. The second-order valence-electron chi connectivity index (χ2n) is 3.85. The van der Waals surface area contributed by atoms with Gasteiger partial charge in [0.1, 0.15) is 15.8 Å². The molecule has 0 radical (unpaired) electrons. The van der Waals surface area contributed by atoms with E-state index in [0.717, 1.165) is 27.5 Å². The van der Waals surface area contributed by atoms with Crippen molar-refractivity contribution in [2.45, 2.75) is 18.9 Å². The van der Waals surface area contributed by atoms with Crippen LogP contribution < -0.4 is 5.56 Å². The van der Waals surface area contributed by atoms with E-state index in [1.54, 1.807) is 12.1 Å². The van der Waals surface area contributed by atoms with Crippen molar-refractivity contribution in [3.05, 3.63) is 31.8 Å². The Kier molecular flexibility index (Phi) is 2.16. The fraction of sp³-hybridized carbons (Fsp3) is 0.273. The number of rotatable bonds is 1. The van der Waals surface area contributed by atoms with Crippen LogP contribution in [0.3, 0.4) is 0 Å². The first kappa shape index (κ1) is 10.1. The molecule has 1 fully saturated rings. The molecule has 3 rings (SSSR count). The van der Waals surface area contributed by atoms with Gasteiger partial charge in [0.2, 0.25) is 0 Å². The molecule has 0 unspecified atom stereocenters. The Bertz CT molecular complexity index is 676. The number of hydrogen-bond acceptors (Lipinski definition) is 3. The molecule has 3 nitrogen and oxygen atoms in total. The van der Waals surface area contributed by atoms with Crippen molar-refractivity contribution in [2.75, 3.05) is 0 Å². The number of fused-ring (bicyclic) bond motifs is 1. The summed E-state index contributed by atoms with van der Waals surface area (Å²) in [6.45, 7) is 0. The standard InChI is InChI=1S/C11H7BrN2OS/c12-10-7-3-4-9(15)14(6-1-2-6)11(7)16-8(10)5-13/h3-4,6H,1-2H2. The number of thiophene rings is 1. The SMILES string of the molecule is N#Cc1sc2c(ccc(=O)n2C2CC2)c1Br. The molecule has 1 aliphatic carbocycles. The summed E-state index contributed by atoms with van der Waals surface area (Å²) in [7, 11) is 0. The predicted molar refractivity (Wildman–Crippen MR) is 66.8 cm³/mol. The van der Waals surface area contributed by atoms with E-state index in [2.05, 4.69) is 22.0 Å². The number of aromatic nitrogens is 1. The van der Waals surface area contributed by atoms with E-state index in [0.29, 0.717) is 10.9 Å². The van der Waals surface area contributed by atoms with Gasteiger partial charge < -0.3 is 0 Å². The highest BCUT2D eigenvalue weighted by molar-refractivity contribution is 9.10. The third-order valence-corrected chi connectivity index (χ3v) is 4.92.